The standard InChI is InChI=1S/C15H14BrN3O7/c1-25-12(20)7-26-11-5-3-8(6-9(11)16)2-4-10-13(19(23)24)14(21)18-15(22)17-10/h2-6,10,13H,7H2,1H3,(H2,17,18,21,22)/b4-2+. The molecule has 0 aromatic heterocycles. The van der Waals surface area contributed by atoms with Crippen LogP contribution in [0.3, 0.4) is 0 Å². The maximum absolute atomic E-state index is 11.6. The van der Waals surface area contributed by atoms with Crippen molar-refractivity contribution < 1.29 is 28.8 Å². The van der Waals surface area contributed by atoms with Crippen molar-refractivity contribution in [3.05, 3.63) is 44.4 Å². The number of amides is 3. The molecule has 10 nitrogen and oxygen atoms in total. The Morgan fingerprint density at radius 1 is 1.42 bits per heavy atom. The van der Waals surface area contributed by atoms with E-state index in [2.05, 4.69) is 26.0 Å². The Morgan fingerprint density at radius 2 is 2.15 bits per heavy atom. The number of halogens is 1. The van der Waals surface area contributed by atoms with E-state index >= 15 is 0 Å². The molecule has 3 amide bonds. The van der Waals surface area contributed by atoms with E-state index in [1.54, 1.807) is 18.2 Å². The van der Waals surface area contributed by atoms with E-state index in [1.165, 1.54) is 19.3 Å². The number of urea groups is 1. The summed E-state index contributed by atoms with van der Waals surface area (Å²) in [6.07, 6.45) is 2.88. The van der Waals surface area contributed by atoms with Crippen molar-refractivity contribution in [2.24, 2.45) is 0 Å². The molecule has 2 unspecified atom stereocenters. The third-order valence-corrected chi connectivity index (χ3v) is 4.02. The summed E-state index contributed by atoms with van der Waals surface area (Å²) in [5.41, 5.74) is 0.629. The molecule has 1 aliphatic heterocycles. The monoisotopic (exact) mass is 427 g/mol. The number of hydrogen-bond acceptors (Lipinski definition) is 7. The predicted molar refractivity (Wildman–Crippen MR) is 91.9 cm³/mol. The fourth-order valence-corrected chi connectivity index (χ4v) is 2.65. The molecule has 138 valence electrons. The number of esters is 1. The lowest BCUT2D eigenvalue weighted by atomic mass is 10.0. The molecule has 0 bridgehead atoms. The quantitative estimate of drug-likeness (QED) is 0.390. The fourth-order valence-electron chi connectivity index (χ4n) is 2.14. The summed E-state index contributed by atoms with van der Waals surface area (Å²) in [7, 11) is 1.25. The summed E-state index contributed by atoms with van der Waals surface area (Å²) in [6, 6.07) is 1.38. The normalized spacial score (nSPS) is 19.6. The van der Waals surface area contributed by atoms with Crippen molar-refractivity contribution in [1.29, 1.82) is 0 Å². The van der Waals surface area contributed by atoms with Gasteiger partial charge in [-0.05, 0) is 33.6 Å². The molecule has 0 spiro atoms. The van der Waals surface area contributed by atoms with Crippen LogP contribution in [0.15, 0.2) is 28.7 Å². The smallest absolute Gasteiger partial charge is 0.343 e. The van der Waals surface area contributed by atoms with Gasteiger partial charge < -0.3 is 14.8 Å². The highest BCUT2D eigenvalue weighted by Gasteiger charge is 2.43. The van der Waals surface area contributed by atoms with E-state index in [1.807, 2.05) is 5.32 Å². The number of rotatable bonds is 6. The van der Waals surface area contributed by atoms with E-state index in [4.69, 9.17) is 4.74 Å². The molecule has 26 heavy (non-hydrogen) atoms. The molecule has 1 aliphatic rings. The Morgan fingerprint density at radius 3 is 2.77 bits per heavy atom. The molecule has 11 heteroatoms. The van der Waals surface area contributed by atoms with Crippen LogP contribution >= 0.6 is 15.9 Å². The first kappa shape index (κ1) is 19.4. The minimum atomic E-state index is -1.62. The molecule has 1 saturated heterocycles. The lowest BCUT2D eigenvalue weighted by Gasteiger charge is -2.23. The second-order valence-corrected chi connectivity index (χ2v) is 5.99. The summed E-state index contributed by atoms with van der Waals surface area (Å²) in [4.78, 5) is 44.3. The van der Waals surface area contributed by atoms with E-state index in [0.29, 0.717) is 15.8 Å². The van der Waals surface area contributed by atoms with Crippen molar-refractivity contribution in [3.63, 3.8) is 0 Å². The fraction of sp³-hybridized carbons (Fsp3) is 0.267. The summed E-state index contributed by atoms with van der Waals surface area (Å²) in [5, 5.41) is 15.2. The maximum Gasteiger partial charge on any atom is 0.343 e. The number of imide groups is 1. The van der Waals surface area contributed by atoms with Gasteiger partial charge in [-0.1, -0.05) is 18.2 Å². The minimum Gasteiger partial charge on any atom is -0.481 e. The van der Waals surface area contributed by atoms with Crippen LogP contribution in [0, 0.1) is 10.1 Å². The maximum atomic E-state index is 11.6. The van der Waals surface area contributed by atoms with E-state index < -0.39 is 34.9 Å². The number of carbonyl (C=O) groups excluding carboxylic acids is 3. The lowest BCUT2D eigenvalue weighted by molar-refractivity contribution is -0.510. The molecule has 0 saturated carbocycles. The number of nitrogens with zero attached hydrogens (tertiary/aromatic N) is 1. The van der Waals surface area contributed by atoms with Crippen LogP contribution in [0.2, 0.25) is 0 Å². The Balaban J connectivity index is 2.12. The van der Waals surface area contributed by atoms with Gasteiger partial charge in [0.1, 0.15) is 11.8 Å². The van der Waals surface area contributed by atoms with Gasteiger partial charge in [-0.25, -0.2) is 9.59 Å². The first-order valence-electron chi connectivity index (χ1n) is 7.24. The third-order valence-electron chi connectivity index (χ3n) is 3.40. The minimum absolute atomic E-state index is 0.252. The molecular formula is C15H14BrN3O7. The highest BCUT2D eigenvalue weighted by Crippen LogP contribution is 2.26. The van der Waals surface area contributed by atoms with Crippen LogP contribution in [0.25, 0.3) is 6.08 Å². The van der Waals surface area contributed by atoms with E-state index in [0.717, 1.165) is 0 Å². The molecule has 1 aromatic carbocycles. The van der Waals surface area contributed by atoms with Gasteiger partial charge in [-0.3, -0.25) is 20.2 Å². The van der Waals surface area contributed by atoms with Gasteiger partial charge in [0, 0.05) is 4.92 Å². The van der Waals surface area contributed by atoms with E-state index in [9.17, 15) is 24.5 Å². The highest BCUT2D eigenvalue weighted by atomic mass is 79.9. The van der Waals surface area contributed by atoms with Gasteiger partial charge in [0.15, 0.2) is 6.61 Å². The third kappa shape index (κ3) is 4.79. The van der Waals surface area contributed by atoms with Crippen LogP contribution < -0.4 is 15.4 Å². The zero-order chi connectivity index (χ0) is 19.3. The lowest BCUT2D eigenvalue weighted by Crippen LogP contribution is -2.62. The molecule has 0 aliphatic carbocycles. The van der Waals surface area contributed by atoms with Gasteiger partial charge in [-0.2, -0.15) is 0 Å². The van der Waals surface area contributed by atoms with Crippen LogP contribution in [-0.2, 0) is 14.3 Å². The summed E-state index contributed by atoms with van der Waals surface area (Å²) < 4.78 is 10.3. The average molecular weight is 428 g/mol. The number of methoxy groups -OCH3 is 1. The number of nitrogens with one attached hydrogen (secondary N) is 2. The second-order valence-electron chi connectivity index (χ2n) is 5.13. The van der Waals surface area contributed by atoms with Gasteiger partial charge in [0.05, 0.1) is 11.6 Å². The molecule has 1 fully saturated rings. The van der Waals surface area contributed by atoms with Crippen molar-refractivity contribution >= 4 is 39.9 Å². The first-order valence-corrected chi connectivity index (χ1v) is 8.03. The van der Waals surface area contributed by atoms with Crippen molar-refractivity contribution in [2.45, 2.75) is 12.1 Å². The summed E-state index contributed by atoms with van der Waals surface area (Å²) in [5.74, 6) is -1.10. The van der Waals surface area contributed by atoms with Gasteiger partial charge in [0.25, 0.3) is 0 Å². The molecule has 0 radical (unpaired) electrons. The number of benzene rings is 1. The van der Waals surface area contributed by atoms with Crippen molar-refractivity contribution in [3.8, 4) is 5.75 Å². The van der Waals surface area contributed by atoms with Crippen LogP contribution in [0.1, 0.15) is 5.56 Å². The van der Waals surface area contributed by atoms with E-state index in [-0.39, 0.29) is 6.61 Å². The number of nitro groups is 1. The zero-order valence-corrected chi connectivity index (χ0v) is 15.0. The second kappa shape index (κ2) is 8.43. The SMILES string of the molecule is COC(=O)COc1ccc(/C=C/C2NC(=O)NC(=O)C2[N+](=O)[O-])cc1Br. The topological polar surface area (TPSA) is 137 Å². The van der Waals surface area contributed by atoms with Gasteiger partial charge in [0.2, 0.25) is 0 Å². The van der Waals surface area contributed by atoms with Crippen molar-refractivity contribution in [1.82, 2.24) is 10.6 Å². The summed E-state index contributed by atoms with van der Waals surface area (Å²) in [6.45, 7) is -0.252. The zero-order valence-electron chi connectivity index (χ0n) is 13.4. The average Bonchev–Trinajstić information content (AvgIpc) is 2.57. The predicted octanol–water partition coefficient (Wildman–Crippen LogP) is 0.867. The molecule has 1 heterocycles. The van der Waals surface area contributed by atoms with Crippen LogP contribution in [-0.4, -0.2) is 48.6 Å². The Labute approximate surface area is 155 Å². The van der Waals surface area contributed by atoms with Gasteiger partial charge >= 0.3 is 23.9 Å². The molecule has 2 atom stereocenters. The van der Waals surface area contributed by atoms with Crippen LogP contribution in [0.5, 0.6) is 5.75 Å². The van der Waals surface area contributed by atoms with Crippen molar-refractivity contribution in [2.75, 3.05) is 13.7 Å². The number of carbonyl (C=O) groups is 3. The molecule has 2 N–H and O–H groups in total. The highest BCUT2D eigenvalue weighted by molar-refractivity contribution is 9.10. The number of hydrogen-bond donors (Lipinski definition) is 2. The molecule has 1 aromatic rings. The first-order chi connectivity index (χ1) is 12.3. The Kier molecular flexibility index (Phi) is 6.28. The largest absolute Gasteiger partial charge is 0.481 e. The van der Waals surface area contributed by atoms with Crippen LogP contribution in [0.4, 0.5) is 4.79 Å². The van der Waals surface area contributed by atoms with Gasteiger partial charge in [-0.15, -0.1) is 0 Å². The Bertz CT molecular complexity index is 781. The number of ether oxygens (including phenoxy) is 2. The Hall–Kier alpha value is -2.95. The summed E-state index contributed by atoms with van der Waals surface area (Å²) >= 11 is 3.29. The molecular weight excluding hydrogens is 414 g/mol. The molecule has 2 rings (SSSR count).